The van der Waals surface area contributed by atoms with Gasteiger partial charge in [0, 0.05) is 25.2 Å². The van der Waals surface area contributed by atoms with Crippen LogP contribution >= 0.6 is 0 Å². The van der Waals surface area contributed by atoms with Crippen LogP contribution in [0, 0.1) is 0 Å². The Bertz CT molecular complexity index is 211. The van der Waals surface area contributed by atoms with Crippen molar-refractivity contribution < 1.29 is 9.53 Å². The first-order valence-corrected chi connectivity index (χ1v) is 5.02. The molecule has 14 heavy (non-hydrogen) atoms. The first-order valence-electron chi connectivity index (χ1n) is 5.02. The van der Waals surface area contributed by atoms with Crippen LogP contribution in [0.15, 0.2) is 0 Å². The highest BCUT2D eigenvalue weighted by Gasteiger charge is 2.35. The number of carbonyl (C=O) groups excluding carboxylic acids is 1. The van der Waals surface area contributed by atoms with E-state index in [1.54, 1.807) is 0 Å². The summed E-state index contributed by atoms with van der Waals surface area (Å²) in [6, 6.07) is -0.145. The second kappa shape index (κ2) is 4.28. The number of ether oxygens (including phenoxy) is 1. The standard InChI is InChI=1S/C10H20N2O2/c1-10(2,3)12-6-5-11-7-8(12)9(13)14-4/h8,11H,5-7H2,1-4H3. The Labute approximate surface area is 85.6 Å². The molecular formula is C10H20N2O2. The molecule has 82 valence electrons. The van der Waals surface area contributed by atoms with Gasteiger partial charge in [0.1, 0.15) is 6.04 Å². The second-order valence-electron chi connectivity index (χ2n) is 4.61. The van der Waals surface area contributed by atoms with Crippen LogP contribution in [0.3, 0.4) is 0 Å². The molecule has 0 amide bonds. The number of methoxy groups -OCH3 is 1. The summed E-state index contributed by atoms with van der Waals surface area (Å²) in [6.45, 7) is 8.87. The van der Waals surface area contributed by atoms with E-state index in [4.69, 9.17) is 4.74 Å². The van der Waals surface area contributed by atoms with Crippen molar-refractivity contribution in [2.75, 3.05) is 26.7 Å². The van der Waals surface area contributed by atoms with Crippen molar-refractivity contribution in [2.45, 2.75) is 32.4 Å². The molecule has 0 aliphatic carbocycles. The first kappa shape index (κ1) is 11.5. The normalized spacial score (nSPS) is 24.7. The zero-order chi connectivity index (χ0) is 10.8. The number of hydrogen-bond donors (Lipinski definition) is 1. The van der Waals surface area contributed by atoms with E-state index in [1.165, 1.54) is 7.11 Å². The number of esters is 1. The van der Waals surface area contributed by atoms with Gasteiger partial charge in [-0.1, -0.05) is 0 Å². The van der Waals surface area contributed by atoms with Crippen molar-refractivity contribution in [1.82, 2.24) is 10.2 Å². The topological polar surface area (TPSA) is 41.6 Å². The van der Waals surface area contributed by atoms with Gasteiger partial charge in [0.2, 0.25) is 0 Å². The summed E-state index contributed by atoms with van der Waals surface area (Å²) in [4.78, 5) is 13.7. The molecule has 1 rings (SSSR count). The van der Waals surface area contributed by atoms with Crippen LogP contribution in [0.2, 0.25) is 0 Å². The number of carbonyl (C=O) groups is 1. The number of hydrogen-bond acceptors (Lipinski definition) is 4. The van der Waals surface area contributed by atoms with E-state index in [0.717, 1.165) is 13.1 Å². The maximum Gasteiger partial charge on any atom is 0.324 e. The summed E-state index contributed by atoms with van der Waals surface area (Å²) in [7, 11) is 1.44. The Morgan fingerprint density at radius 1 is 1.50 bits per heavy atom. The lowest BCUT2D eigenvalue weighted by Crippen LogP contribution is -2.61. The zero-order valence-electron chi connectivity index (χ0n) is 9.46. The summed E-state index contributed by atoms with van der Waals surface area (Å²) < 4.78 is 4.79. The maximum absolute atomic E-state index is 11.5. The van der Waals surface area contributed by atoms with Gasteiger partial charge in [-0.3, -0.25) is 9.69 Å². The second-order valence-corrected chi connectivity index (χ2v) is 4.61. The molecule has 1 atom stereocenters. The predicted octanol–water partition coefficient (Wildman–Crippen LogP) is 0.232. The van der Waals surface area contributed by atoms with E-state index < -0.39 is 0 Å². The van der Waals surface area contributed by atoms with Gasteiger partial charge in [0.25, 0.3) is 0 Å². The SMILES string of the molecule is COC(=O)C1CNCCN1C(C)(C)C. The maximum atomic E-state index is 11.5. The molecule has 1 aliphatic rings. The lowest BCUT2D eigenvalue weighted by Gasteiger charge is -2.43. The molecule has 0 saturated carbocycles. The largest absolute Gasteiger partial charge is 0.468 e. The van der Waals surface area contributed by atoms with Gasteiger partial charge in [-0.15, -0.1) is 0 Å². The Kier molecular flexibility index (Phi) is 3.50. The molecule has 0 aromatic carbocycles. The van der Waals surface area contributed by atoms with E-state index in [1.807, 2.05) is 0 Å². The molecule has 1 fully saturated rings. The minimum absolute atomic E-state index is 0.0148. The summed E-state index contributed by atoms with van der Waals surface area (Å²) in [6.07, 6.45) is 0. The van der Waals surface area contributed by atoms with Crippen LogP contribution in [0.1, 0.15) is 20.8 Å². The fraction of sp³-hybridized carbons (Fsp3) is 0.900. The molecule has 0 spiro atoms. The summed E-state index contributed by atoms with van der Waals surface area (Å²) in [5, 5.41) is 3.21. The fourth-order valence-electron chi connectivity index (χ4n) is 1.85. The van der Waals surface area contributed by atoms with Gasteiger partial charge in [0.15, 0.2) is 0 Å². The van der Waals surface area contributed by atoms with Crippen LogP contribution < -0.4 is 5.32 Å². The smallest absolute Gasteiger partial charge is 0.324 e. The molecule has 1 unspecified atom stereocenters. The third kappa shape index (κ3) is 2.45. The molecule has 0 bridgehead atoms. The molecule has 0 radical (unpaired) electrons. The monoisotopic (exact) mass is 200 g/mol. The Balaban J connectivity index is 2.74. The van der Waals surface area contributed by atoms with Gasteiger partial charge in [-0.2, -0.15) is 0 Å². The zero-order valence-corrected chi connectivity index (χ0v) is 9.46. The van der Waals surface area contributed by atoms with Crippen LogP contribution in [0.4, 0.5) is 0 Å². The highest BCUT2D eigenvalue weighted by molar-refractivity contribution is 5.76. The van der Waals surface area contributed by atoms with E-state index >= 15 is 0 Å². The highest BCUT2D eigenvalue weighted by Crippen LogP contribution is 2.18. The quantitative estimate of drug-likeness (QED) is 0.615. The number of nitrogens with one attached hydrogen (secondary N) is 1. The van der Waals surface area contributed by atoms with Gasteiger partial charge in [-0.05, 0) is 20.8 Å². The molecule has 1 aliphatic heterocycles. The van der Waals surface area contributed by atoms with Crippen molar-refractivity contribution in [3.05, 3.63) is 0 Å². The highest BCUT2D eigenvalue weighted by atomic mass is 16.5. The molecule has 0 aromatic rings. The third-order valence-electron chi connectivity index (χ3n) is 2.58. The Hall–Kier alpha value is -0.610. The average Bonchev–Trinajstić information content (AvgIpc) is 2.15. The van der Waals surface area contributed by atoms with Crippen LogP contribution in [-0.4, -0.2) is 49.2 Å². The Morgan fingerprint density at radius 2 is 2.14 bits per heavy atom. The molecule has 1 N–H and O–H groups in total. The lowest BCUT2D eigenvalue weighted by atomic mass is 10.0. The fourth-order valence-corrected chi connectivity index (χ4v) is 1.85. The number of nitrogens with zero attached hydrogens (tertiary/aromatic N) is 1. The van der Waals surface area contributed by atoms with Gasteiger partial charge >= 0.3 is 5.97 Å². The average molecular weight is 200 g/mol. The molecule has 1 heterocycles. The van der Waals surface area contributed by atoms with E-state index in [9.17, 15) is 4.79 Å². The lowest BCUT2D eigenvalue weighted by molar-refractivity contribution is -0.150. The predicted molar refractivity (Wildman–Crippen MR) is 55.1 cm³/mol. The molecule has 4 nitrogen and oxygen atoms in total. The molecular weight excluding hydrogens is 180 g/mol. The number of rotatable bonds is 1. The van der Waals surface area contributed by atoms with Crippen molar-refractivity contribution in [1.29, 1.82) is 0 Å². The van der Waals surface area contributed by atoms with Crippen LogP contribution in [-0.2, 0) is 9.53 Å². The minimum Gasteiger partial charge on any atom is -0.468 e. The van der Waals surface area contributed by atoms with Crippen molar-refractivity contribution in [3.63, 3.8) is 0 Å². The van der Waals surface area contributed by atoms with E-state index in [2.05, 4.69) is 31.0 Å². The van der Waals surface area contributed by atoms with Crippen LogP contribution in [0.5, 0.6) is 0 Å². The van der Waals surface area contributed by atoms with Crippen molar-refractivity contribution in [2.24, 2.45) is 0 Å². The van der Waals surface area contributed by atoms with Crippen molar-refractivity contribution >= 4 is 5.97 Å². The van der Waals surface area contributed by atoms with Crippen LogP contribution in [0.25, 0.3) is 0 Å². The minimum atomic E-state index is -0.146. The van der Waals surface area contributed by atoms with Gasteiger partial charge in [0.05, 0.1) is 7.11 Å². The molecule has 1 saturated heterocycles. The van der Waals surface area contributed by atoms with Crippen molar-refractivity contribution in [3.8, 4) is 0 Å². The number of piperazine rings is 1. The Morgan fingerprint density at radius 3 is 2.64 bits per heavy atom. The molecule has 0 aromatic heterocycles. The van der Waals surface area contributed by atoms with E-state index in [0.29, 0.717) is 6.54 Å². The molecule has 4 heteroatoms. The van der Waals surface area contributed by atoms with E-state index in [-0.39, 0.29) is 17.6 Å². The summed E-state index contributed by atoms with van der Waals surface area (Å²) >= 11 is 0. The first-order chi connectivity index (χ1) is 6.46. The van der Waals surface area contributed by atoms with Gasteiger partial charge < -0.3 is 10.1 Å². The third-order valence-corrected chi connectivity index (χ3v) is 2.58. The van der Waals surface area contributed by atoms with Gasteiger partial charge in [-0.25, -0.2) is 0 Å². The summed E-state index contributed by atoms with van der Waals surface area (Å²) in [5.74, 6) is -0.146. The summed E-state index contributed by atoms with van der Waals surface area (Å²) in [5.41, 5.74) is 0.0148.